The van der Waals surface area contributed by atoms with E-state index in [9.17, 15) is 9.90 Å². The second-order valence-electron chi connectivity index (χ2n) is 7.55. The van der Waals surface area contributed by atoms with E-state index in [2.05, 4.69) is 4.90 Å². The minimum atomic E-state index is -1.13. The molecule has 1 aromatic rings. The lowest BCUT2D eigenvalue weighted by molar-refractivity contribution is -0.147. The van der Waals surface area contributed by atoms with Gasteiger partial charge in [0.05, 0.1) is 7.85 Å². The maximum Gasteiger partial charge on any atom is 0.323 e. The Kier molecular flexibility index (Phi) is 8.94. The molecule has 1 aliphatic heterocycles. The van der Waals surface area contributed by atoms with Crippen LogP contribution in [0.2, 0.25) is 16.4 Å². The zero-order valence-corrected chi connectivity index (χ0v) is 17.3. The fourth-order valence-electron chi connectivity index (χ4n) is 3.94. The fourth-order valence-corrected chi connectivity index (χ4v) is 4.44. The number of carboxylic acids is 1. The van der Waals surface area contributed by atoms with Crippen molar-refractivity contribution in [2.24, 2.45) is 11.7 Å². The molecule has 2 radical (unpaired) electrons. The monoisotopic (exact) mass is 410 g/mol. The summed E-state index contributed by atoms with van der Waals surface area (Å²) in [7, 11) is 5.53. The molecule has 0 saturated carbocycles. The van der Waals surface area contributed by atoms with Gasteiger partial charge in [-0.15, -0.1) is 0 Å². The van der Waals surface area contributed by atoms with Crippen LogP contribution < -0.4 is 5.73 Å². The first kappa shape index (κ1) is 22.5. The number of hydrogen-bond donors (Lipinski definition) is 2. The van der Waals surface area contributed by atoms with Gasteiger partial charge in [-0.1, -0.05) is 48.4 Å². The lowest BCUT2D eigenvalue weighted by atomic mass is 9.75. The van der Waals surface area contributed by atoms with Gasteiger partial charge in [0.2, 0.25) is 0 Å². The maximum absolute atomic E-state index is 11.8. The number of benzene rings is 1. The van der Waals surface area contributed by atoms with E-state index in [0.29, 0.717) is 22.8 Å². The van der Waals surface area contributed by atoms with Crippen LogP contribution in [0.5, 0.6) is 0 Å². The molecule has 1 aromatic carbocycles. The van der Waals surface area contributed by atoms with Crippen LogP contribution in [0.15, 0.2) is 18.2 Å². The van der Waals surface area contributed by atoms with Crippen molar-refractivity contribution in [1.82, 2.24) is 4.90 Å². The van der Waals surface area contributed by atoms with Crippen molar-refractivity contribution in [3.05, 3.63) is 33.8 Å². The predicted octanol–water partition coefficient (Wildman–Crippen LogP) is 4.18. The minimum absolute atomic E-state index is 0.0229. The Hall–Kier alpha value is -0.745. The van der Waals surface area contributed by atoms with Crippen LogP contribution in [0.1, 0.15) is 44.1 Å². The Morgan fingerprint density at radius 2 is 1.96 bits per heavy atom. The summed E-state index contributed by atoms with van der Waals surface area (Å²) in [6.45, 7) is 2.76. The summed E-state index contributed by atoms with van der Waals surface area (Å²) < 4.78 is 0. The van der Waals surface area contributed by atoms with Crippen LogP contribution in [0.25, 0.3) is 0 Å². The van der Waals surface area contributed by atoms with Gasteiger partial charge in [0.25, 0.3) is 0 Å². The third-order valence-corrected chi connectivity index (χ3v) is 6.28. The van der Waals surface area contributed by atoms with Gasteiger partial charge in [-0.25, -0.2) is 0 Å². The van der Waals surface area contributed by atoms with Crippen LogP contribution in [0, 0.1) is 5.92 Å². The highest BCUT2D eigenvalue weighted by molar-refractivity contribution is 6.35. The highest BCUT2D eigenvalue weighted by atomic mass is 35.5. The van der Waals surface area contributed by atoms with Crippen molar-refractivity contribution in [2.45, 2.75) is 56.8 Å². The first-order chi connectivity index (χ1) is 12.9. The Morgan fingerprint density at radius 1 is 1.26 bits per heavy atom. The summed E-state index contributed by atoms with van der Waals surface area (Å²) in [5.41, 5.74) is 6.31. The number of halogens is 2. The molecule has 4 nitrogen and oxygen atoms in total. The van der Waals surface area contributed by atoms with Crippen molar-refractivity contribution >= 4 is 37.0 Å². The number of piperidine rings is 1. The van der Waals surface area contributed by atoms with Gasteiger partial charge >= 0.3 is 5.97 Å². The van der Waals surface area contributed by atoms with E-state index in [1.165, 1.54) is 0 Å². The van der Waals surface area contributed by atoms with Crippen LogP contribution in [-0.2, 0) is 11.2 Å². The van der Waals surface area contributed by atoms with Crippen LogP contribution >= 0.6 is 23.2 Å². The molecule has 3 N–H and O–H groups in total. The van der Waals surface area contributed by atoms with E-state index < -0.39 is 11.5 Å². The van der Waals surface area contributed by atoms with E-state index in [-0.39, 0.29) is 5.92 Å². The lowest BCUT2D eigenvalue weighted by Gasteiger charge is -2.40. The first-order valence-corrected chi connectivity index (χ1v) is 10.5. The Morgan fingerprint density at radius 3 is 2.56 bits per heavy atom. The zero-order valence-electron chi connectivity index (χ0n) is 15.8. The van der Waals surface area contributed by atoms with E-state index >= 15 is 0 Å². The van der Waals surface area contributed by atoms with Crippen molar-refractivity contribution < 1.29 is 9.90 Å². The Balaban J connectivity index is 1.79. The molecule has 2 rings (SSSR count). The van der Waals surface area contributed by atoms with Gasteiger partial charge in [0, 0.05) is 10.0 Å². The Bertz CT molecular complexity index is 624. The molecule has 0 aromatic heterocycles. The summed E-state index contributed by atoms with van der Waals surface area (Å²) >= 11 is 12.2. The van der Waals surface area contributed by atoms with Crippen molar-refractivity contribution in [3.63, 3.8) is 0 Å². The fraction of sp³-hybridized carbons (Fsp3) is 0.650. The number of rotatable bonds is 10. The van der Waals surface area contributed by atoms with E-state index in [1.807, 2.05) is 12.1 Å². The number of aliphatic carboxylic acids is 1. The molecule has 1 atom stereocenters. The first-order valence-electron chi connectivity index (χ1n) is 9.75. The standard InChI is InChI=1S/C20H29BCl2N2O2/c21-10-2-1-9-20(24,19(26)27)16-7-12-25(13-8-16)11-3-4-15-5-6-17(22)14-18(15)23/h5-6,14,16H,1-4,7-13,24H2,(H,26,27). The zero-order chi connectivity index (χ0) is 19.9. The molecule has 27 heavy (non-hydrogen) atoms. The molecular formula is C20H29BCl2N2O2. The molecule has 1 unspecified atom stereocenters. The number of carboxylic acid groups (broad SMARTS) is 1. The average Bonchev–Trinajstić information content (AvgIpc) is 2.64. The van der Waals surface area contributed by atoms with E-state index in [4.69, 9.17) is 36.8 Å². The van der Waals surface area contributed by atoms with Gasteiger partial charge in [-0.2, -0.15) is 0 Å². The summed E-state index contributed by atoms with van der Waals surface area (Å²) in [6.07, 6.45) is 6.23. The van der Waals surface area contributed by atoms with E-state index in [0.717, 1.165) is 63.7 Å². The number of unbranched alkanes of at least 4 members (excludes halogenated alkanes) is 1. The van der Waals surface area contributed by atoms with Crippen molar-refractivity contribution in [1.29, 1.82) is 0 Å². The topological polar surface area (TPSA) is 66.6 Å². The van der Waals surface area contributed by atoms with E-state index in [1.54, 1.807) is 6.07 Å². The van der Waals surface area contributed by atoms with Gasteiger partial charge < -0.3 is 15.7 Å². The summed E-state index contributed by atoms with van der Waals surface area (Å²) in [5.74, 6) is -0.856. The van der Waals surface area contributed by atoms with Crippen LogP contribution in [0.4, 0.5) is 0 Å². The van der Waals surface area contributed by atoms with Gasteiger partial charge in [-0.05, 0) is 75.4 Å². The quantitative estimate of drug-likeness (QED) is 0.448. The number of likely N-dealkylation sites (tertiary alicyclic amines) is 1. The number of nitrogens with zero attached hydrogens (tertiary/aromatic N) is 1. The number of aryl methyl sites for hydroxylation is 1. The second kappa shape index (κ2) is 10.7. The Labute approximate surface area is 173 Å². The highest BCUT2D eigenvalue weighted by Crippen LogP contribution is 2.31. The second-order valence-corrected chi connectivity index (χ2v) is 8.39. The molecule has 0 bridgehead atoms. The highest BCUT2D eigenvalue weighted by Gasteiger charge is 2.42. The molecular weight excluding hydrogens is 382 g/mol. The normalized spacial score (nSPS) is 18.3. The van der Waals surface area contributed by atoms with Gasteiger partial charge in [0.15, 0.2) is 0 Å². The molecule has 0 spiro atoms. The number of carbonyl (C=O) groups is 1. The summed E-state index contributed by atoms with van der Waals surface area (Å²) in [4.78, 5) is 14.2. The summed E-state index contributed by atoms with van der Waals surface area (Å²) in [5, 5.41) is 11.0. The molecule has 0 amide bonds. The average molecular weight is 411 g/mol. The maximum atomic E-state index is 11.8. The summed E-state index contributed by atoms with van der Waals surface area (Å²) in [6, 6.07) is 5.63. The largest absolute Gasteiger partial charge is 0.480 e. The molecule has 1 saturated heterocycles. The van der Waals surface area contributed by atoms with Crippen molar-refractivity contribution in [3.8, 4) is 0 Å². The molecule has 7 heteroatoms. The lowest BCUT2D eigenvalue weighted by Crippen LogP contribution is -2.57. The molecule has 1 aliphatic rings. The SMILES string of the molecule is [B]CCCCC(N)(C(=O)O)C1CCN(CCCc2ccc(Cl)cc2Cl)CC1. The number of nitrogens with two attached hydrogens (primary N) is 1. The predicted molar refractivity (Wildman–Crippen MR) is 113 cm³/mol. The number of hydrogen-bond acceptors (Lipinski definition) is 3. The van der Waals surface area contributed by atoms with Crippen molar-refractivity contribution in [2.75, 3.05) is 19.6 Å². The smallest absolute Gasteiger partial charge is 0.323 e. The minimum Gasteiger partial charge on any atom is -0.480 e. The van der Waals surface area contributed by atoms with Gasteiger partial charge in [0.1, 0.15) is 5.54 Å². The molecule has 1 fully saturated rings. The molecule has 148 valence electrons. The van der Waals surface area contributed by atoms with Crippen LogP contribution in [0.3, 0.4) is 0 Å². The van der Waals surface area contributed by atoms with Crippen LogP contribution in [-0.4, -0.2) is 49.0 Å². The third-order valence-electron chi connectivity index (χ3n) is 5.69. The third kappa shape index (κ3) is 6.38. The van der Waals surface area contributed by atoms with Gasteiger partial charge in [-0.3, -0.25) is 4.79 Å². The molecule has 1 heterocycles. The molecule has 0 aliphatic carbocycles.